The second-order valence-electron chi connectivity index (χ2n) is 5.44. The normalized spacial score (nSPS) is 25.9. The molecule has 1 saturated carbocycles. The third-order valence-electron chi connectivity index (χ3n) is 4.27. The number of hydrogen-bond donors (Lipinski definition) is 1. The minimum absolute atomic E-state index is 0.739. The van der Waals surface area contributed by atoms with Gasteiger partial charge >= 0.3 is 0 Å². The van der Waals surface area contributed by atoms with E-state index < -0.39 is 0 Å². The van der Waals surface area contributed by atoms with Crippen molar-refractivity contribution in [1.29, 1.82) is 0 Å². The third-order valence-corrected chi connectivity index (χ3v) is 5.76. The van der Waals surface area contributed by atoms with E-state index in [0.29, 0.717) is 0 Å². The fourth-order valence-corrected chi connectivity index (χ4v) is 4.52. The molecule has 1 heterocycles. The number of hydrogen-bond acceptors (Lipinski definition) is 3. The van der Waals surface area contributed by atoms with Crippen LogP contribution in [-0.2, 0) is 4.74 Å². The molecule has 100 valence electrons. The lowest BCUT2D eigenvalue weighted by atomic mass is 9.84. The summed E-state index contributed by atoms with van der Waals surface area (Å²) >= 11 is 2.18. The predicted octanol–water partition coefficient (Wildman–Crippen LogP) is 3.07. The van der Waals surface area contributed by atoms with Gasteiger partial charge in [-0.25, -0.2) is 0 Å². The van der Waals surface area contributed by atoms with Gasteiger partial charge in [-0.05, 0) is 38.6 Å². The summed E-state index contributed by atoms with van der Waals surface area (Å²) < 4.78 is 5.42. The zero-order valence-electron chi connectivity index (χ0n) is 11.1. The van der Waals surface area contributed by atoms with E-state index in [1.54, 1.807) is 0 Å². The molecule has 1 unspecified atom stereocenters. The van der Waals surface area contributed by atoms with Gasteiger partial charge in [0.05, 0.1) is 0 Å². The van der Waals surface area contributed by atoms with Gasteiger partial charge in [-0.2, -0.15) is 11.8 Å². The summed E-state index contributed by atoms with van der Waals surface area (Å²) in [6.45, 7) is 1.95. The van der Waals surface area contributed by atoms with E-state index in [0.717, 1.165) is 30.4 Å². The highest BCUT2D eigenvalue weighted by Gasteiger charge is 2.24. The SMILES string of the molecule is CNC(CSC1CCOCC1)C1CCCCC1. The van der Waals surface area contributed by atoms with Crippen molar-refractivity contribution in [2.75, 3.05) is 26.0 Å². The molecule has 17 heavy (non-hydrogen) atoms. The van der Waals surface area contributed by atoms with Crippen LogP contribution in [0.1, 0.15) is 44.9 Å². The molecule has 0 aromatic carbocycles. The van der Waals surface area contributed by atoms with Crippen molar-refractivity contribution in [2.24, 2.45) is 5.92 Å². The molecule has 1 N–H and O–H groups in total. The minimum Gasteiger partial charge on any atom is -0.381 e. The van der Waals surface area contributed by atoms with Gasteiger partial charge in [0.15, 0.2) is 0 Å². The van der Waals surface area contributed by atoms with E-state index in [4.69, 9.17) is 4.74 Å². The smallest absolute Gasteiger partial charge is 0.0476 e. The predicted molar refractivity (Wildman–Crippen MR) is 75.7 cm³/mol. The fraction of sp³-hybridized carbons (Fsp3) is 1.00. The van der Waals surface area contributed by atoms with Crippen LogP contribution < -0.4 is 5.32 Å². The maximum absolute atomic E-state index is 5.42. The Morgan fingerprint density at radius 1 is 1.12 bits per heavy atom. The molecule has 2 aliphatic rings. The summed E-state index contributed by atoms with van der Waals surface area (Å²) in [7, 11) is 2.14. The van der Waals surface area contributed by atoms with E-state index in [2.05, 4.69) is 24.1 Å². The molecule has 3 heteroatoms. The summed E-state index contributed by atoms with van der Waals surface area (Å²) in [6.07, 6.45) is 9.76. The zero-order chi connectivity index (χ0) is 11.9. The summed E-state index contributed by atoms with van der Waals surface area (Å²) in [5, 5.41) is 4.41. The molecule has 1 aliphatic heterocycles. The Labute approximate surface area is 110 Å². The van der Waals surface area contributed by atoms with Crippen molar-refractivity contribution in [3.05, 3.63) is 0 Å². The number of rotatable bonds is 5. The summed E-state index contributed by atoms with van der Waals surface area (Å²) in [4.78, 5) is 0. The van der Waals surface area contributed by atoms with Gasteiger partial charge in [0.1, 0.15) is 0 Å². The van der Waals surface area contributed by atoms with Crippen LogP contribution in [0, 0.1) is 5.92 Å². The molecule has 0 aromatic rings. The highest BCUT2D eigenvalue weighted by molar-refractivity contribution is 7.99. The minimum atomic E-state index is 0.739. The Morgan fingerprint density at radius 2 is 1.82 bits per heavy atom. The summed E-state index contributed by atoms with van der Waals surface area (Å²) in [5.41, 5.74) is 0. The highest BCUT2D eigenvalue weighted by atomic mass is 32.2. The first-order valence-electron chi connectivity index (χ1n) is 7.26. The van der Waals surface area contributed by atoms with Crippen molar-refractivity contribution in [1.82, 2.24) is 5.32 Å². The van der Waals surface area contributed by atoms with Gasteiger partial charge in [0, 0.05) is 30.3 Å². The topological polar surface area (TPSA) is 21.3 Å². The monoisotopic (exact) mass is 257 g/mol. The molecule has 1 aliphatic carbocycles. The second kappa shape index (κ2) is 7.65. The lowest BCUT2D eigenvalue weighted by Gasteiger charge is -2.31. The lowest BCUT2D eigenvalue weighted by Crippen LogP contribution is -2.37. The molecule has 0 bridgehead atoms. The largest absolute Gasteiger partial charge is 0.381 e. The van der Waals surface area contributed by atoms with Crippen LogP contribution in [-0.4, -0.2) is 37.3 Å². The van der Waals surface area contributed by atoms with Crippen LogP contribution in [0.4, 0.5) is 0 Å². The number of nitrogens with one attached hydrogen (secondary N) is 1. The van der Waals surface area contributed by atoms with Gasteiger partial charge in [-0.1, -0.05) is 19.3 Å². The van der Waals surface area contributed by atoms with Crippen molar-refractivity contribution >= 4 is 11.8 Å². The molecule has 2 fully saturated rings. The lowest BCUT2D eigenvalue weighted by molar-refractivity contribution is 0.0999. The van der Waals surface area contributed by atoms with Gasteiger partial charge in [-0.15, -0.1) is 0 Å². The Morgan fingerprint density at radius 3 is 2.47 bits per heavy atom. The maximum atomic E-state index is 5.42. The standard InChI is InChI=1S/C14H27NOS/c1-15-14(12-5-3-2-4-6-12)11-17-13-7-9-16-10-8-13/h12-15H,2-11H2,1H3. The van der Waals surface area contributed by atoms with E-state index in [9.17, 15) is 0 Å². The molecule has 2 nitrogen and oxygen atoms in total. The molecule has 0 radical (unpaired) electrons. The Hall–Kier alpha value is 0.270. The molecule has 0 spiro atoms. The molecule has 2 rings (SSSR count). The van der Waals surface area contributed by atoms with Gasteiger partial charge in [0.25, 0.3) is 0 Å². The summed E-state index contributed by atoms with van der Waals surface area (Å²) in [5.74, 6) is 2.23. The molecular weight excluding hydrogens is 230 g/mol. The molecule has 1 saturated heterocycles. The zero-order valence-corrected chi connectivity index (χ0v) is 11.9. The van der Waals surface area contributed by atoms with E-state index in [1.165, 1.54) is 50.7 Å². The Kier molecular flexibility index (Phi) is 6.16. The van der Waals surface area contributed by atoms with Gasteiger partial charge in [-0.3, -0.25) is 0 Å². The third kappa shape index (κ3) is 4.46. The van der Waals surface area contributed by atoms with Crippen LogP contribution in [0.15, 0.2) is 0 Å². The first kappa shape index (κ1) is 13.7. The van der Waals surface area contributed by atoms with Crippen LogP contribution >= 0.6 is 11.8 Å². The average Bonchev–Trinajstić information content (AvgIpc) is 2.42. The van der Waals surface area contributed by atoms with Crippen molar-refractivity contribution in [3.8, 4) is 0 Å². The second-order valence-corrected chi connectivity index (χ2v) is 6.77. The number of thioether (sulfide) groups is 1. The van der Waals surface area contributed by atoms with Gasteiger partial charge < -0.3 is 10.1 Å². The molecule has 1 atom stereocenters. The fourth-order valence-electron chi connectivity index (χ4n) is 3.07. The van der Waals surface area contributed by atoms with Crippen molar-refractivity contribution in [2.45, 2.75) is 56.2 Å². The van der Waals surface area contributed by atoms with Crippen LogP contribution in [0.2, 0.25) is 0 Å². The number of ether oxygens (including phenoxy) is 1. The highest BCUT2D eigenvalue weighted by Crippen LogP contribution is 2.30. The van der Waals surface area contributed by atoms with E-state index in [-0.39, 0.29) is 0 Å². The van der Waals surface area contributed by atoms with Crippen molar-refractivity contribution in [3.63, 3.8) is 0 Å². The van der Waals surface area contributed by atoms with E-state index in [1.807, 2.05) is 0 Å². The van der Waals surface area contributed by atoms with Crippen LogP contribution in [0.5, 0.6) is 0 Å². The van der Waals surface area contributed by atoms with Crippen LogP contribution in [0.3, 0.4) is 0 Å². The first-order chi connectivity index (χ1) is 8.40. The van der Waals surface area contributed by atoms with Gasteiger partial charge in [0.2, 0.25) is 0 Å². The maximum Gasteiger partial charge on any atom is 0.0476 e. The van der Waals surface area contributed by atoms with E-state index >= 15 is 0 Å². The molecule has 0 aromatic heterocycles. The first-order valence-corrected chi connectivity index (χ1v) is 8.31. The molecular formula is C14H27NOS. The quantitative estimate of drug-likeness (QED) is 0.818. The van der Waals surface area contributed by atoms with Crippen molar-refractivity contribution < 1.29 is 4.74 Å². The van der Waals surface area contributed by atoms with Crippen LogP contribution in [0.25, 0.3) is 0 Å². The molecule has 0 amide bonds. The Balaban J connectivity index is 1.70. The Bertz CT molecular complexity index is 200. The summed E-state index contributed by atoms with van der Waals surface area (Å²) in [6, 6.07) is 0.739. The average molecular weight is 257 g/mol.